The Hall–Kier alpha value is -1.38. The first kappa shape index (κ1) is 10.1. The van der Waals surface area contributed by atoms with Crippen molar-refractivity contribution in [2.45, 2.75) is 26.2 Å². The second kappa shape index (κ2) is 3.33. The van der Waals surface area contributed by atoms with Gasteiger partial charge in [-0.3, -0.25) is 4.79 Å². The molecule has 1 N–H and O–H groups in total. The Bertz CT molecular complexity index is 378. The van der Waals surface area contributed by atoms with Gasteiger partial charge in [-0.2, -0.15) is 0 Å². The van der Waals surface area contributed by atoms with Gasteiger partial charge in [0.15, 0.2) is 0 Å². The van der Waals surface area contributed by atoms with Crippen LogP contribution in [0, 0.1) is 11.3 Å². The highest BCUT2D eigenvalue weighted by Gasteiger charge is 2.44. The van der Waals surface area contributed by atoms with Crippen molar-refractivity contribution in [3.8, 4) is 0 Å². The summed E-state index contributed by atoms with van der Waals surface area (Å²) in [4.78, 5) is 22.4. The van der Waals surface area contributed by atoms with E-state index in [0.29, 0.717) is 24.8 Å². The van der Waals surface area contributed by atoms with Crippen LogP contribution < -0.4 is 0 Å². The number of carboxylic acids is 1. The minimum atomic E-state index is -0.860. The van der Waals surface area contributed by atoms with Gasteiger partial charge in [-0.05, 0) is 12.3 Å². The molecule has 0 saturated heterocycles. The summed E-state index contributed by atoms with van der Waals surface area (Å²) < 4.78 is 0. The highest BCUT2D eigenvalue weighted by Crippen LogP contribution is 2.47. The number of rotatable bonds is 1. The molecule has 0 spiro atoms. The molecule has 3 heteroatoms. The molecule has 1 saturated carbocycles. The molecule has 3 nitrogen and oxygen atoms in total. The molecule has 0 radical (unpaired) electrons. The molecule has 0 aromatic carbocycles. The molecule has 2 rings (SSSR count). The molecule has 0 aromatic heterocycles. The van der Waals surface area contributed by atoms with Crippen LogP contribution in [0.2, 0.25) is 0 Å². The van der Waals surface area contributed by atoms with Gasteiger partial charge in [-0.15, -0.1) is 0 Å². The maximum absolute atomic E-state index is 11.3. The third-order valence-corrected chi connectivity index (χ3v) is 3.64. The fraction of sp³-hybridized carbons (Fsp3) is 0.500. The number of hydrogen-bond acceptors (Lipinski definition) is 2. The molecule has 2 aliphatic rings. The van der Waals surface area contributed by atoms with E-state index < -0.39 is 5.97 Å². The maximum Gasteiger partial charge on any atom is 0.332 e. The number of carbonyl (C=O) groups is 2. The molecule has 80 valence electrons. The van der Waals surface area contributed by atoms with E-state index in [1.807, 2.05) is 13.0 Å². The second-order valence-electron chi connectivity index (χ2n) is 4.54. The van der Waals surface area contributed by atoms with Gasteiger partial charge in [0, 0.05) is 23.8 Å². The number of Topliss-reactive ketones (excluding diaryl/α,β-unsaturated/α-hetero) is 1. The third-order valence-electron chi connectivity index (χ3n) is 3.64. The second-order valence-corrected chi connectivity index (χ2v) is 4.54. The number of fused-ring (bicyclic) bond motifs is 1. The van der Waals surface area contributed by atoms with Gasteiger partial charge >= 0.3 is 5.97 Å². The van der Waals surface area contributed by atoms with Crippen LogP contribution in [0.3, 0.4) is 0 Å². The minimum absolute atomic E-state index is 0.0647. The Morgan fingerprint density at radius 3 is 3.00 bits per heavy atom. The van der Waals surface area contributed by atoms with Crippen molar-refractivity contribution in [1.82, 2.24) is 0 Å². The highest BCUT2D eigenvalue weighted by molar-refractivity contribution is 5.90. The maximum atomic E-state index is 11.3. The minimum Gasteiger partial charge on any atom is -0.478 e. The Balaban J connectivity index is 2.37. The average molecular weight is 206 g/mol. The van der Waals surface area contributed by atoms with E-state index in [2.05, 4.69) is 0 Å². The fourth-order valence-electron chi connectivity index (χ4n) is 2.56. The van der Waals surface area contributed by atoms with Gasteiger partial charge in [0.2, 0.25) is 0 Å². The molecular weight excluding hydrogens is 192 g/mol. The lowest BCUT2D eigenvalue weighted by molar-refractivity contribution is -0.135. The molecule has 0 bridgehead atoms. The van der Waals surface area contributed by atoms with E-state index in [1.54, 1.807) is 12.2 Å². The smallest absolute Gasteiger partial charge is 0.332 e. The highest BCUT2D eigenvalue weighted by atomic mass is 16.4. The zero-order chi connectivity index (χ0) is 11.1. The van der Waals surface area contributed by atoms with Gasteiger partial charge in [-0.1, -0.05) is 25.2 Å². The molecule has 2 aliphatic carbocycles. The Morgan fingerprint density at radius 2 is 2.33 bits per heavy atom. The lowest BCUT2D eigenvalue weighted by atomic mass is 9.61. The van der Waals surface area contributed by atoms with Crippen molar-refractivity contribution in [1.29, 1.82) is 0 Å². The molecular formula is C12H14O3. The van der Waals surface area contributed by atoms with Crippen LogP contribution in [-0.4, -0.2) is 16.9 Å². The standard InChI is InChI=1S/C12H14O3/c1-12-6-5-9(13)7-8(12)3-2-4-10(12)11(14)15/h2-4,8H,5-7H2,1H3,(H,14,15). The summed E-state index contributed by atoms with van der Waals surface area (Å²) in [6, 6.07) is 0. The molecule has 2 unspecified atom stereocenters. The normalized spacial score (nSPS) is 34.6. The van der Waals surface area contributed by atoms with Crippen molar-refractivity contribution < 1.29 is 14.7 Å². The SMILES string of the molecule is CC12CCC(=O)CC1C=CC=C2C(=O)O. The van der Waals surface area contributed by atoms with Crippen molar-refractivity contribution >= 4 is 11.8 Å². The van der Waals surface area contributed by atoms with Gasteiger partial charge < -0.3 is 5.11 Å². The van der Waals surface area contributed by atoms with E-state index in [4.69, 9.17) is 5.11 Å². The number of allylic oxidation sites excluding steroid dienone is 3. The molecule has 15 heavy (non-hydrogen) atoms. The molecule has 2 atom stereocenters. The summed E-state index contributed by atoms with van der Waals surface area (Å²) in [5.41, 5.74) is 0.0941. The van der Waals surface area contributed by atoms with E-state index >= 15 is 0 Å². The average Bonchev–Trinajstić information content (AvgIpc) is 2.17. The number of ketones is 1. The monoisotopic (exact) mass is 206 g/mol. The van der Waals surface area contributed by atoms with E-state index in [0.717, 1.165) is 0 Å². The third kappa shape index (κ3) is 1.52. The van der Waals surface area contributed by atoms with Crippen molar-refractivity contribution in [2.24, 2.45) is 11.3 Å². The zero-order valence-corrected chi connectivity index (χ0v) is 8.69. The first-order chi connectivity index (χ1) is 7.04. The predicted molar refractivity (Wildman–Crippen MR) is 55.3 cm³/mol. The van der Waals surface area contributed by atoms with Crippen LogP contribution in [0.5, 0.6) is 0 Å². The summed E-state index contributed by atoms with van der Waals surface area (Å²) in [6.07, 6.45) is 7.02. The molecule has 0 amide bonds. The zero-order valence-electron chi connectivity index (χ0n) is 8.69. The van der Waals surface area contributed by atoms with Crippen LogP contribution in [0.25, 0.3) is 0 Å². The van der Waals surface area contributed by atoms with Crippen LogP contribution >= 0.6 is 0 Å². The molecule has 0 heterocycles. The first-order valence-corrected chi connectivity index (χ1v) is 5.18. The van der Waals surface area contributed by atoms with Crippen molar-refractivity contribution in [3.63, 3.8) is 0 Å². The summed E-state index contributed by atoms with van der Waals surface area (Å²) >= 11 is 0. The van der Waals surface area contributed by atoms with E-state index in [9.17, 15) is 9.59 Å². The Kier molecular flexibility index (Phi) is 2.25. The lowest BCUT2D eigenvalue weighted by Gasteiger charge is -2.41. The van der Waals surface area contributed by atoms with E-state index in [1.165, 1.54) is 0 Å². The number of carboxylic acid groups (broad SMARTS) is 1. The summed E-state index contributed by atoms with van der Waals surface area (Å²) in [5, 5.41) is 9.12. The van der Waals surface area contributed by atoms with Crippen LogP contribution in [0.4, 0.5) is 0 Å². The quantitative estimate of drug-likeness (QED) is 0.713. The van der Waals surface area contributed by atoms with Gasteiger partial charge in [0.25, 0.3) is 0 Å². The van der Waals surface area contributed by atoms with Crippen LogP contribution in [-0.2, 0) is 9.59 Å². The molecule has 0 aliphatic heterocycles. The topological polar surface area (TPSA) is 54.4 Å². The summed E-state index contributed by atoms with van der Waals surface area (Å²) in [6.45, 7) is 1.95. The largest absolute Gasteiger partial charge is 0.478 e. The van der Waals surface area contributed by atoms with Crippen LogP contribution in [0.15, 0.2) is 23.8 Å². The van der Waals surface area contributed by atoms with Crippen molar-refractivity contribution in [3.05, 3.63) is 23.8 Å². The number of aliphatic carboxylic acids is 1. The van der Waals surface area contributed by atoms with Gasteiger partial charge in [-0.25, -0.2) is 4.79 Å². The summed E-state index contributed by atoms with van der Waals surface area (Å²) in [5.74, 6) is -0.551. The summed E-state index contributed by atoms with van der Waals surface area (Å²) in [7, 11) is 0. The Morgan fingerprint density at radius 1 is 1.60 bits per heavy atom. The van der Waals surface area contributed by atoms with Crippen molar-refractivity contribution in [2.75, 3.05) is 0 Å². The predicted octanol–water partition coefficient (Wildman–Crippen LogP) is 1.94. The number of hydrogen-bond donors (Lipinski definition) is 1. The number of carbonyl (C=O) groups excluding carboxylic acids is 1. The first-order valence-electron chi connectivity index (χ1n) is 5.18. The molecule has 1 fully saturated rings. The molecule has 0 aromatic rings. The van der Waals surface area contributed by atoms with E-state index in [-0.39, 0.29) is 17.1 Å². The fourth-order valence-corrected chi connectivity index (χ4v) is 2.56. The lowest BCUT2D eigenvalue weighted by Crippen LogP contribution is -2.38. The Labute approximate surface area is 88.5 Å². The van der Waals surface area contributed by atoms with Crippen LogP contribution in [0.1, 0.15) is 26.2 Å². The van der Waals surface area contributed by atoms with Gasteiger partial charge in [0.05, 0.1) is 0 Å². The van der Waals surface area contributed by atoms with Gasteiger partial charge in [0.1, 0.15) is 5.78 Å².